The summed E-state index contributed by atoms with van der Waals surface area (Å²) in [4.78, 5) is 0. The van der Waals surface area contributed by atoms with Crippen LogP contribution in [0.2, 0.25) is 0 Å². The lowest BCUT2D eigenvalue weighted by atomic mass is 9.82. The van der Waals surface area contributed by atoms with Gasteiger partial charge in [-0.1, -0.05) is 72.5 Å². The molecule has 0 aliphatic rings. The molecule has 0 N–H and O–H groups in total. The first-order valence-electron chi connectivity index (χ1n) is 5.89. The molecule has 2 rings (SSSR count). The van der Waals surface area contributed by atoms with Crippen molar-refractivity contribution in [2.24, 2.45) is 0 Å². The first-order valence-corrected chi connectivity index (χ1v) is 5.89. The minimum absolute atomic E-state index is 0.0846. The summed E-state index contributed by atoms with van der Waals surface area (Å²) in [6.45, 7) is 0. The standard InChI is InChI=1S/C18H14/c1-3-17(15-11-7-5-8-12-15)18(4-2)16-13-9-6-10-14-16/h1-2,5-14,17-18H. The second-order valence-corrected chi connectivity index (χ2v) is 4.11. The normalized spacial score (nSPS) is 13.0. The molecule has 0 fully saturated rings. The Bertz CT molecular complexity index is 511. The lowest BCUT2D eigenvalue weighted by Crippen LogP contribution is -2.08. The van der Waals surface area contributed by atoms with E-state index in [4.69, 9.17) is 12.8 Å². The number of hydrogen-bond donors (Lipinski definition) is 0. The van der Waals surface area contributed by atoms with Gasteiger partial charge in [0.05, 0.1) is 11.8 Å². The largest absolute Gasteiger partial charge is 0.119 e. The van der Waals surface area contributed by atoms with E-state index in [1.54, 1.807) is 0 Å². The summed E-state index contributed by atoms with van der Waals surface area (Å²) in [5.74, 6) is 5.48. The van der Waals surface area contributed by atoms with Crippen molar-refractivity contribution in [2.45, 2.75) is 11.8 Å². The van der Waals surface area contributed by atoms with Crippen LogP contribution in [0.1, 0.15) is 23.0 Å². The number of terminal acetylenes is 2. The molecule has 0 spiro atoms. The Hall–Kier alpha value is -2.44. The zero-order valence-corrected chi connectivity index (χ0v) is 10.1. The maximum absolute atomic E-state index is 5.67. The fraction of sp³-hybridized carbons (Fsp3) is 0.111. The highest BCUT2D eigenvalue weighted by atomic mass is 14.2. The third-order valence-electron chi connectivity index (χ3n) is 3.01. The van der Waals surface area contributed by atoms with Crippen LogP contribution in [0.4, 0.5) is 0 Å². The number of rotatable bonds is 3. The molecule has 0 bridgehead atoms. The second-order valence-electron chi connectivity index (χ2n) is 4.11. The summed E-state index contributed by atoms with van der Waals surface area (Å²) < 4.78 is 0. The molecule has 0 nitrogen and oxygen atoms in total. The van der Waals surface area contributed by atoms with E-state index in [0.717, 1.165) is 11.1 Å². The van der Waals surface area contributed by atoms with Crippen LogP contribution in [-0.4, -0.2) is 0 Å². The average molecular weight is 230 g/mol. The van der Waals surface area contributed by atoms with E-state index in [0.29, 0.717) is 0 Å². The van der Waals surface area contributed by atoms with Gasteiger partial charge < -0.3 is 0 Å². The van der Waals surface area contributed by atoms with Crippen molar-refractivity contribution in [1.29, 1.82) is 0 Å². The van der Waals surface area contributed by atoms with E-state index in [1.165, 1.54) is 0 Å². The molecule has 2 aromatic carbocycles. The predicted octanol–water partition coefficient (Wildman–Crippen LogP) is 3.82. The van der Waals surface area contributed by atoms with Crippen LogP contribution in [0.3, 0.4) is 0 Å². The first kappa shape index (κ1) is 12.0. The lowest BCUT2D eigenvalue weighted by Gasteiger charge is -2.19. The Balaban J connectivity index is 2.39. The van der Waals surface area contributed by atoms with Gasteiger partial charge >= 0.3 is 0 Å². The zero-order valence-electron chi connectivity index (χ0n) is 10.1. The molecule has 0 amide bonds. The Kier molecular flexibility index (Phi) is 3.85. The van der Waals surface area contributed by atoms with E-state index in [1.807, 2.05) is 60.7 Å². The zero-order chi connectivity index (χ0) is 12.8. The van der Waals surface area contributed by atoms with Crippen LogP contribution in [0.25, 0.3) is 0 Å². The van der Waals surface area contributed by atoms with E-state index in [-0.39, 0.29) is 11.8 Å². The third-order valence-corrected chi connectivity index (χ3v) is 3.01. The van der Waals surface area contributed by atoms with Gasteiger partial charge in [0.25, 0.3) is 0 Å². The SMILES string of the molecule is C#CC(c1ccccc1)C(C#C)c1ccccc1. The summed E-state index contributed by atoms with van der Waals surface area (Å²) in [6, 6.07) is 20.0. The molecule has 0 radical (unpaired) electrons. The van der Waals surface area contributed by atoms with Gasteiger partial charge in [0.15, 0.2) is 0 Å². The minimum Gasteiger partial charge on any atom is -0.119 e. The molecule has 0 aliphatic carbocycles. The van der Waals surface area contributed by atoms with Crippen LogP contribution in [-0.2, 0) is 0 Å². The highest BCUT2D eigenvalue weighted by Gasteiger charge is 2.20. The van der Waals surface area contributed by atoms with E-state index in [2.05, 4.69) is 11.8 Å². The molecule has 0 heteroatoms. The summed E-state index contributed by atoms with van der Waals surface area (Å²) >= 11 is 0. The fourth-order valence-electron chi connectivity index (χ4n) is 2.09. The van der Waals surface area contributed by atoms with Crippen molar-refractivity contribution >= 4 is 0 Å². The topological polar surface area (TPSA) is 0 Å². The van der Waals surface area contributed by atoms with Crippen LogP contribution >= 0.6 is 0 Å². The molecule has 0 saturated heterocycles. The van der Waals surface area contributed by atoms with Crippen molar-refractivity contribution in [3.05, 3.63) is 71.8 Å². The van der Waals surface area contributed by atoms with Crippen molar-refractivity contribution in [3.8, 4) is 24.7 Å². The molecule has 0 aromatic heterocycles. The Labute approximate surface area is 109 Å². The Morgan fingerprint density at radius 3 is 1.22 bits per heavy atom. The molecule has 86 valence electrons. The number of benzene rings is 2. The van der Waals surface area contributed by atoms with Crippen molar-refractivity contribution in [3.63, 3.8) is 0 Å². The molecule has 0 aliphatic heterocycles. The summed E-state index contributed by atoms with van der Waals surface area (Å²) in [7, 11) is 0. The van der Waals surface area contributed by atoms with Gasteiger partial charge in [0.2, 0.25) is 0 Å². The highest BCUT2D eigenvalue weighted by molar-refractivity contribution is 5.39. The van der Waals surface area contributed by atoms with Gasteiger partial charge in [-0.3, -0.25) is 0 Å². The van der Waals surface area contributed by atoms with Crippen molar-refractivity contribution < 1.29 is 0 Å². The summed E-state index contributed by atoms with van der Waals surface area (Å²) in [5.41, 5.74) is 2.18. The molecule has 2 atom stereocenters. The smallest absolute Gasteiger partial charge is 0.0628 e. The van der Waals surface area contributed by atoms with E-state index in [9.17, 15) is 0 Å². The summed E-state index contributed by atoms with van der Waals surface area (Å²) in [5, 5.41) is 0. The fourth-order valence-corrected chi connectivity index (χ4v) is 2.09. The van der Waals surface area contributed by atoms with Gasteiger partial charge in [-0.2, -0.15) is 0 Å². The lowest BCUT2D eigenvalue weighted by molar-refractivity contribution is 0.781. The Morgan fingerprint density at radius 2 is 0.944 bits per heavy atom. The van der Waals surface area contributed by atoms with Crippen LogP contribution in [0, 0.1) is 24.7 Å². The molecular weight excluding hydrogens is 216 g/mol. The third kappa shape index (κ3) is 2.45. The number of hydrogen-bond acceptors (Lipinski definition) is 0. The van der Waals surface area contributed by atoms with Crippen molar-refractivity contribution in [2.75, 3.05) is 0 Å². The quantitative estimate of drug-likeness (QED) is 0.703. The van der Waals surface area contributed by atoms with E-state index < -0.39 is 0 Å². The highest BCUT2D eigenvalue weighted by Crippen LogP contribution is 2.31. The van der Waals surface area contributed by atoms with Crippen LogP contribution in [0.15, 0.2) is 60.7 Å². The van der Waals surface area contributed by atoms with Gasteiger partial charge in [-0.15, -0.1) is 12.8 Å². The van der Waals surface area contributed by atoms with Crippen molar-refractivity contribution in [1.82, 2.24) is 0 Å². The monoisotopic (exact) mass is 230 g/mol. The van der Waals surface area contributed by atoms with E-state index >= 15 is 0 Å². The van der Waals surface area contributed by atoms with Gasteiger partial charge in [0, 0.05) is 0 Å². The molecule has 2 aromatic rings. The molecule has 2 unspecified atom stereocenters. The molecular formula is C18H14. The molecule has 0 saturated carbocycles. The van der Waals surface area contributed by atoms with Gasteiger partial charge in [-0.05, 0) is 11.1 Å². The second kappa shape index (κ2) is 5.76. The van der Waals surface area contributed by atoms with Gasteiger partial charge in [0.1, 0.15) is 0 Å². The molecule has 18 heavy (non-hydrogen) atoms. The van der Waals surface area contributed by atoms with Gasteiger partial charge in [-0.25, -0.2) is 0 Å². The average Bonchev–Trinajstić information content (AvgIpc) is 2.46. The van der Waals surface area contributed by atoms with Crippen LogP contribution < -0.4 is 0 Å². The maximum Gasteiger partial charge on any atom is 0.0628 e. The first-order chi connectivity index (χ1) is 8.86. The maximum atomic E-state index is 5.67. The van der Waals surface area contributed by atoms with Crippen LogP contribution in [0.5, 0.6) is 0 Å². The minimum atomic E-state index is -0.0846. The predicted molar refractivity (Wildman–Crippen MR) is 76.0 cm³/mol. The summed E-state index contributed by atoms with van der Waals surface area (Å²) in [6.07, 6.45) is 11.3. The molecule has 0 heterocycles. The Morgan fingerprint density at radius 1 is 0.611 bits per heavy atom.